The van der Waals surface area contributed by atoms with E-state index in [0.717, 1.165) is 43.7 Å². The lowest BCUT2D eigenvalue weighted by Crippen LogP contribution is -2.35. The van der Waals surface area contributed by atoms with Crippen molar-refractivity contribution >= 4 is 17.5 Å². The number of aliphatic hydroxyl groups is 1. The van der Waals surface area contributed by atoms with E-state index in [1.165, 1.54) is 5.56 Å². The number of hydrogen-bond donors (Lipinski definition) is 3. The van der Waals surface area contributed by atoms with Gasteiger partial charge in [-0.3, -0.25) is 10.2 Å². The van der Waals surface area contributed by atoms with Crippen LogP contribution in [0, 0.1) is 0 Å². The summed E-state index contributed by atoms with van der Waals surface area (Å²) in [4.78, 5) is 20.8. The van der Waals surface area contributed by atoms with E-state index in [-0.39, 0.29) is 12.1 Å². The molecule has 28 heavy (non-hydrogen) atoms. The van der Waals surface area contributed by atoms with Gasteiger partial charge in [-0.2, -0.15) is 0 Å². The molecule has 1 aliphatic heterocycles. The van der Waals surface area contributed by atoms with Crippen LogP contribution in [0.15, 0.2) is 42.6 Å². The number of nitrogens with zero attached hydrogens (tertiary/aromatic N) is 3. The van der Waals surface area contributed by atoms with Crippen LogP contribution in [0.5, 0.6) is 0 Å². The van der Waals surface area contributed by atoms with E-state index in [9.17, 15) is 9.90 Å². The number of hydrogen-bond acceptors (Lipinski definition) is 5. The first-order valence-electron chi connectivity index (χ1n) is 9.66. The van der Waals surface area contributed by atoms with Crippen molar-refractivity contribution < 1.29 is 9.90 Å². The minimum Gasteiger partial charge on any atom is -0.393 e. The van der Waals surface area contributed by atoms with Crippen LogP contribution in [0.1, 0.15) is 24.0 Å². The Kier molecular flexibility index (Phi) is 6.84. The second-order valence-corrected chi connectivity index (χ2v) is 7.38. The molecule has 3 N–H and O–H groups in total. The lowest BCUT2D eigenvalue weighted by Gasteiger charge is -2.30. The summed E-state index contributed by atoms with van der Waals surface area (Å²) in [6.07, 6.45) is 3.15. The first-order valence-corrected chi connectivity index (χ1v) is 9.66. The quantitative estimate of drug-likeness (QED) is 0.714. The van der Waals surface area contributed by atoms with Crippen molar-refractivity contribution in [3.05, 3.63) is 53.7 Å². The van der Waals surface area contributed by atoms with Crippen LogP contribution in [-0.2, 0) is 13.1 Å². The standard InChI is InChI=1S/C21H29N5O2/c1-25(2)18-7-10-22-20(13-18)24-21(28)23-14-16-5-3-4-6-17(16)15-26-11-8-19(27)9-12-26/h3-7,10,13,19,27H,8-9,11-12,14-15H2,1-2H3,(H2,22,23,24,28). The van der Waals surface area contributed by atoms with Gasteiger partial charge >= 0.3 is 6.03 Å². The van der Waals surface area contributed by atoms with Gasteiger partial charge in [0.1, 0.15) is 5.82 Å². The molecule has 0 bridgehead atoms. The number of benzene rings is 1. The Labute approximate surface area is 166 Å². The summed E-state index contributed by atoms with van der Waals surface area (Å²) in [5.74, 6) is 0.517. The van der Waals surface area contributed by atoms with E-state index in [1.807, 2.05) is 49.3 Å². The maximum absolute atomic E-state index is 12.3. The van der Waals surface area contributed by atoms with Crippen LogP contribution in [0.25, 0.3) is 0 Å². The minimum absolute atomic E-state index is 0.170. The Morgan fingerprint density at radius 1 is 1.21 bits per heavy atom. The van der Waals surface area contributed by atoms with Gasteiger partial charge in [-0.25, -0.2) is 9.78 Å². The molecule has 1 aliphatic rings. The Balaban J connectivity index is 1.55. The summed E-state index contributed by atoms with van der Waals surface area (Å²) in [5.41, 5.74) is 3.27. The van der Waals surface area contributed by atoms with E-state index >= 15 is 0 Å². The number of amides is 2. The van der Waals surface area contributed by atoms with Gasteiger partial charge in [-0.05, 0) is 30.0 Å². The lowest BCUT2D eigenvalue weighted by molar-refractivity contribution is 0.0791. The summed E-state index contributed by atoms with van der Waals surface area (Å²) in [5, 5.41) is 15.4. The van der Waals surface area contributed by atoms with Gasteiger partial charge < -0.3 is 15.3 Å². The van der Waals surface area contributed by atoms with Crippen LogP contribution in [0.3, 0.4) is 0 Å². The zero-order valence-electron chi connectivity index (χ0n) is 16.6. The molecule has 2 amide bonds. The molecule has 3 rings (SSSR count). The lowest BCUT2D eigenvalue weighted by atomic mass is 10.0. The van der Waals surface area contributed by atoms with Crippen LogP contribution < -0.4 is 15.5 Å². The second-order valence-electron chi connectivity index (χ2n) is 7.38. The molecule has 1 fully saturated rings. The van der Waals surface area contributed by atoms with E-state index < -0.39 is 0 Å². The number of anilines is 2. The molecule has 0 saturated carbocycles. The third-order valence-electron chi connectivity index (χ3n) is 5.01. The number of pyridine rings is 1. The van der Waals surface area contributed by atoms with Crippen molar-refractivity contribution in [2.75, 3.05) is 37.4 Å². The second kappa shape index (κ2) is 9.52. The smallest absolute Gasteiger partial charge is 0.320 e. The van der Waals surface area contributed by atoms with Gasteiger partial charge in [-0.15, -0.1) is 0 Å². The molecule has 1 saturated heterocycles. The first kappa shape index (κ1) is 20.1. The molecule has 0 spiro atoms. The topological polar surface area (TPSA) is 80.7 Å². The van der Waals surface area contributed by atoms with Gasteiger partial charge in [0.15, 0.2) is 0 Å². The highest BCUT2D eigenvalue weighted by Crippen LogP contribution is 2.17. The van der Waals surface area contributed by atoms with Crippen molar-refractivity contribution in [2.45, 2.75) is 32.0 Å². The van der Waals surface area contributed by atoms with Crippen molar-refractivity contribution in [1.29, 1.82) is 0 Å². The van der Waals surface area contributed by atoms with Gasteiger partial charge in [0.05, 0.1) is 6.10 Å². The van der Waals surface area contributed by atoms with E-state index in [4.69, 9.17) is 0 Å². The van der Waals surface area contributed by atoms with E-state index in [0.29, 0.717) is 12.4 Å². The SMILES string of the molecule is CN(C)c1ccnc(NC(=O)NCc2ccccc2CN2CCC(O)CC2)c1. The maximum Gasteiger partial charge on any atom is 0.320 e. The molecule has 0 radical (unpaired) electrons. The van der Waals surface area contributed by atoms with Crippen LogP contribution in [0.2, 0.25) is 0 Å². The average Bonchev–Trinajstić information content (AvgIpc) is 2.69. The highest BCUT2D eigenvalue weighted by atomic mass is 16.3. The summed E-state index contributed by atoms with van der Waals surface area (Å²) >= 11 is 0. The fourth-order valence-corrected chi connectivity index (χ4v) is 3.30. The van der Waals surface area contributed by atoms with Crippen LogP contribution in [-0.4, -0.2) is 54.3 Å². The van der Waals surface area contributed by atoms with Gasteiger partial charge in [-0.1, -0.05) is 24.3 Å². The molecular weight excluding hydrogens is 354 g/mol. The highest BCUT2D eigenvalue weighted by Gasteiger charge is 2.18. The number of aromatic nitrogens is 1. The largest absolute Gasteiger partial charge is 0.393 e. The van der Waals surface area contributed by atoms with Crippen molar-refractivity contribution in [1.82, 2.24) is 15.2 Å². The molecule has 0 unspecified atom stereocenters. The monoisotopic (exact) mass is 383 g/mol. The predicted octanol–water partition coefficient (Wildman–Crippen LogP) is 2.43. The zero-order chi connectivity index (χ0) is 19.9. The molecule has 7 heteroatoms. The summed E-state index contributed by atoms with van der Waals surface area (Å²) in [7, 11) is 3.89. The Hall–Kier alpha value is -2.64. The molecule has 0 aliphatic carbocycles. The molecule has 0 atom stereocenters. The van der Waals surface area contributed by atoms with Gasteiger partial charge in [0, 0.05) is 58.2 Å². The normalized spacial score (nSPS) is 15.2. The zero-order valence-corrected chi connectivity index (χ0v) is 16.6. The number of piperidine rings is 1. The molecule has 1 aromatic heterocycles. The molecule has 7 nitrogen and oxygen atoms in total. The predicted molar refractivity (Wildman–Crippen MR) is 111 cm³/mol. The Morgan fingerprint density at radius 2 is 1.93 bits per heavy atom. The van der Waals surface area contributed by atoms with Crippen molar-refractivity contribution in [2.24, 2.45) is 0 Å². The average molecular weight is 383 g/mol. The minimum atomic E-state index is -0.278. The molecule has 2 heterocycles. The van der Waals surface area contributed by atoms with Crippen LogP contribution >= 0.6 is 0 Å². The summed E-state index contributed by atoms with van der Waals surface area (Å²) < 4.78 is 0. The maximum atomic E-state index is 12.3. The van der Waals surface area contributed by atoms with E-state index in [2.05, 4.69) is 26.6 Å². The Bertz CT molecular complexity index is 788. The number of aliphatic hydroxyl groups excluding tert-OH is 1. The summed E-state index contributed by atoms with van der Waals surface area (Å²) in [6.45, 7) is 3.08. The number of urea groups is 1. The van der Waals surface area contributed by atoms with E-state index in [1.54, 1.807) is 6.20 Å². The van der Waals surface area contributed by atoms with Crippen molar-refractivity contribution in [3.63, 3.8) is 0 Å². The number of carbonyl (C=O) groups is 1. The number of likely N-dealkylation sites (tertiary alicyclic amines) is 1. The van der Waals surface area contributed by atoms with Gasteiger partial charge in [0.25, 0.3) is 0 Å². The fraction of sp³-hybridized carbons (Fsp3) is 0.429. The fourth-order valence-electron chi connectivity index (χ4n) is 3.30. The number of carbonyl (C=O) groups excluding carboxylic acids is 1. The summed E-state index contributed by atoms with van der Waals surface area (Å²) in [6, 6.07) is 11.6. The van der Waals surface area contributed by atoms with Gasteiger partial charge in [0.2, 0.25) is 0 Å². The molecule has 2 aromatic rings. The third kappa shape index (κ3) is 5.68. The number of rotatable bonds is 6. The molecule has 150 valence electrons. The number of nitrogens with one attached hydrogen (secondary N) is 2. The first-order chi connectivity index (χ1) is 13.5. The Morgan fingerprint density at radius 3 is 2.64 bits per heavy atom. The molecule has 1 aromatic carbocycles. The van der Waals surface area contributed by atoms with Crippen molar-refractivity contribution in [3.8, 4) is 0 Å². The van der Waals surface area contributed by atoms with Crippen LogP contribution in [0.4, 0.5) is 16.3 Å². The highest BCUT2D eigenvalue weighted by molar-refractivity contribution is 5.88. The third-order valence-corrected chi connectivity index (χ3v) is 5.01. The molecular formula is C21H29N5O2.